The molecule has 164 valence electrons. The van der Waals surface area contributed by atoms with Crippen LogP contribution in [-0.4, -0.2) is 48.4 Å². The first-order valence-corrected chi connectivity index (χ1v) is 10.5. The number of carboxylic acids is 1. The summed E-state index contributed by atoms with van der Waals surface area (Å²) in [5.74, 6) is -0.488. The fraction of sp³-hybridized carbons (Fsp3) is 0.250. The van der Waals surface area contributed by atoms with E-state index in [2.05, 4.69) is 44.5 Å². The number of aliphatic hydroxyl groups is 1. The molecule has 0 fully saturated rings. The Kier molecular flexibility index (Phi) is 6.42. The number of nitrogens with one attached hydrogen (secondary N) is 1. The lowest BCUT2D eigenvalue weighted by Gasteiger charge is -2.16. The van der Waals surface area contributed by atoms with Crippen LogP contribution >= 0.6 is 0 Å². The first kappa shape index (κ1) is 21.5. The number of aliphatic hydroxyl groups excluding tert-OH is 1. The second kappa shape index (κ2) is 9.57. The number of fused-ring (bicyclic) bond motifs is 1. The van der Waals surface area contributed by atoms with Crippen molar-refractivity contribution in [3.05, 3.63) is 72.9 Å². The van der Waals surface area contributed by atoms with Gasteiger partial charge >= 0.3 is 5.97 Å². The van der Waals surface area contributed by atoms with Gasteiger partial charge in [-0.25, -0.2) is 19.7 Å². The molecule has 0 saturated carbocycles. The van der Waals surface area contributed by atoms with Gasteiger partial charge in [-0.2, -0.15) is 0 Å². The highest BCUT2D eigenvalue weighted by molar-refractivity contribution is 5.86. The molecule has 4 aromatic rings. The Hall–Kier alpha value is -3.78. The van der Waals surface area contributed by atoms with Gasteiger partial charge in [-0.15, -0.1) is 0 Å². The van der Waals surface area contributed by atoms with E-state index in [0.29, 0.717) is 24.5 Å². The lowest BCUT2D eigenvalue weighted by Crippen LogP contribution is -2.27. The van der Waals surface area contributed by atoms with Crippen LogP contribution in [0, 0.1) is 0 Å². The van der Waals surface area contributed by atoms with Gasteiger partial charge in [-0.05, 0) is 29.3 Å². The van der Waals surface area contributed by atoms with Crippen LogP contribution in [-0.2, 0) is 11.2 Å². The van der Waals surface area contributed by atoms with Crippen molar-refractivity contribution in [2.45, 2.75) is 31.8 Å². The molecule has 0 amide bonds. The van der Waals surface area contributed by atoms with E-state index in [1.165, 1.54) is 6.33 Å². The minimum Gasteiger partial charge on any atom is -0.480 e. The van der Waals surface area contributed by atoms with Crippen LogP contribution < -0.4 is 5.32 Å². The molecule has 1 unspecified atom stereocenters. The van der Waals surface area contributed by atoms with E-state index in [4.69, 9.17) is 0 Å². The van der Waals surface area contributed by atoms with E-state index >= 15 is 0 Å². The maximum absolute atomic E-state index is 11.4. The Morgan fingerprint density at radius 2 is 1.94 bits per heavy atom. The highest BCUT2D eigenvalue weighted by Gasteiger charge is 2.19. The van der Waals surface area contributed by atoms with Crippen LogP contribution in [0.25, 0.3) is 22.0 Å². The van der Waals surface area contributed by atoms with Crippen molar-refractivity contribution in [1.82, 2.24) is 19.5 Å². The molecule has 2 aromatic carbocycles. The Balaban J connectivity index is 1.49. The standard InChI is InChI=1S/C24H25N5O3/c1-2-22(23(31)32)29-13-19(26-15-29)12-20(14-30)27-24-25-10-9-21(28-24)18-8-7-16-5-3-4-6-17(16)11-18/h3-11,13,15,20,22,30H,2,12,14H2,1H3,(H,31,32)(H,25,27,28)/t20-,22?/m0/s1. The predicted molar refractivity (Wildman–Crippen MR) is 122 cm³/mol. The van der Waals surface area contributed by atoms with Crippen molar-refractivity contribution in [2.75, 3.05) is 11.9 Å². The number of aliphatic carboxylic acids is 1. The first-order chi connectivity index (χ1) is 15.6. The first-order valence-electron chi connectivity index (χ1n) is 10.5. The van der Waals surface area contributed by atoms with E-state index < -0.39 is 12.0 Å². The Bertz CT molecular complexity index is 1220. The van der Waals surface area contributed by atoms with Crippen LogP contribution in [0.15, 0.2) is 67.3 Å². The third-order valence-electron chi connectivity index (χ3n) is 5.40. The second-order valence-corrected chi connectivity index (χ2v) is 7.63. The average Bonchev–Trinajstić information content (AvgIpc) is 3.26. The number of hydrogen-bond donors (Lipinski definition) is 3. The SMILES string of the molecule is CCC(C(=O)O)n1cnc(C[C@@H](CO)Nc2nccc(-c3ccc4ccccc4c3)n2)c1. The molecule has 4 rings (SSSR count). The Morgan fingerprint density at radius 1 is 1.12 bits per heavy atom. The van der Waals surface area contributed by atoms with Crippen molar-refractivity contribution in [3.63, 3.8) is 0 Å². The lowest BCUT2D eigenvalue weighted by molar-refractivity contribution is -0.141. The molecule has 0 radical (unpaired) electrons. The number of nitrogens with zero attached hydrogens (tertiary/aromatic N) is 4. The maximum Gasteiger partial charge on any atom is 0.326 e. The predicted octanol–water partition coefficient (Wildman–Crippen LogP) is 3.54. The van der Waals surface area contributed by atoms with Gasteiger partial charge < -0.3 is 20.1 Å². The van der Waals surface area contributed by atoms with Crippen molar-refractivity contribution in [3.8, 4) is 11.3 Å². The van der Waals surface area contributed by atoms with Crippen molar-refractivity contribution >= 4 is 22.7 Å². The number of benzene rings is 2. The van der Waals surface area contributed by atoms with E-state index in [-0.39, 0.29) is 12.6 Å². The fourth-order valence-electron chi connectivity index (χ4n) is 3.70. The van der Waals surface area contributed by atoms with E-state index in [1.807, 2.05) is 31.2 Å². The average molecular weight is 431 g/mol. The molecule has 0 aliphatic heterocycles. The van der Waals surface area contributed by atoms with Crippen molar-refractivity contribution < 1.29 is 15.0 Å². The molecule has 3 N–H and O–H groups in total. The van der Waals surface area contributed by atoms with Crippen LogP contribution in [0.2, 0.25) is 0 Å². The van der Waals surface area contributed by atoms with Gasteiger partial charge in [0.25, 0.3) is 0 Å². The summed E-state index contributed by atoms with van der Waals surface area (Å²) in [5, 5.41) is 24.6. The van der Waals surface area contributed by atoms with Gasteiger partial charge in [-0.3, -0.25) is 0 Å². The molecular formula is C24H25N5O3. The number of anilines is 1. The zero-order valence-corrected chi connectivity index (χ0v) is 17.7. The summed E-state index contributed by atoms with van der Waals surface area (Å²) in [6, 6.07) is 15.2. The number of carbonyl (C=O) groups is 1. The minimum atomic E-state index is -0.896. The summed E-state index contributed by atoms with van der Waals surface area (Å²) in [6.07, 6.45) is 5.77. The molecule has 8 nitrogen and oxygen atoms in total. The lowest BCUT2D eigenvalue weighted by atomic mass is 10.1. The van der Waals surface area contributed by atoms with Gasteiger partial charge in [0.2, 0.25) is 5.95 Å². The fourth-order valence-corrected chi connectivity index (χ4v) is 3.70. The number of hydrogen-bond acceptors (Lipinski definition) is 6. The van der Waals surface area contributed by atoms with E-state index in [1.54, 1.807) is 17.0 Å². The number of rotatable bonds is 9. The summed E-state index contributed by atoms with van der Waals surface area (Å²) >= 11 is 0. The Morgan fingerprint density at radius 3 is 2.69 bits per heavy atom. The van der Waals surface area contributed by atoms with Crippen LogP contribution in [0.3, 0.4) is 0 Å². The summed E-state index contributed by atoms with van der Waals surface area (Å²) in [7, 11) is 0. The number of carboxylic acid groups (broad SMARTS) is 1. The highest BCUT2D eigenvalue weighted by Crippen LogP contribution is 2.23. The number of imidazole rings is 1. The largest absolute Gasteiger partial charge is 0.480 e. The Labute approximate surface area is 185 Å². The minimum absolute atomic E-state index is 0.146. The van der Waals surface area contributed by atoms with Crippen molar-refractivity contribution in [1.29, 1.82) is 0 Å². The maximum atomic E-state index is 11.4. The zero-order valence-electron chi connectivity index (χ0n) is 17.7. The van der Waals surface area contributed by atoms with Crippen molar-refractivity contribution in [2.24, 2.45) is 0 Å². The summed E-state index contributed by atoms with van der Waals surface area (Å²) in [5.41, 5.74) is 2.44. The molecule has 0 bridgehead atoms. The molecule has 0 aliphatic rings. The van der Waals surface area contributed by atoms with Gasteiger partial charge in [0, 0.05) is 24.4 Å². The summed E-state index contributed by atoms with van der Waals surface area (Å²) in [4.78, 5) is 24.6. The van der Waals surface area contributed by atoms with E-state index in [9.17, 15) is 15.0 Å². The van der Waals surface area contributed by atoms with Gasteiger partial charge in [0.15, 0.2) is 0 Å². The molecule has 0 saturated heterocycles. The molecular weight excluding hydrogens is 406 g/mol. The molecule has 32 heavy (non-hydrogen) atoms. The van der Waals surface area contributed by atoms with Crippen LogP contribution in [0.5, 0.6) is 0 Å². The van der Waals surface area contributed by atoms with Gasteiger partial charge in [-0.1, -0.05) is 43.3 Å². The highest BCUT2D eigenvalue weighted by atomic mass is 16.4. The molecule has 0 aliphatic carbocycles. The molecule has 2 aromatic heterocycles. The quantitative estimate of drug-likeness (QED) is 0.371. The molecule has 8 heteroatoms. The van der Waals surface area contributed by atoms with E-state index in [0.717, 1.165) is 22.0 Å². The monoisotopic (exact) mass is 431 g/mol. The summed E-state index contributed by atoms with van der Waals surface area (Å²) < 4.78 is 1.59. The van der Waals surface area contributed by atoms with Gasteiger partial charge in [0.05, 0.1) is 30.4 Å². The third kappa shape index (κ3) is 4.76. The van der Waals surface area contributed by atoms with Crippen LogP contribution in [0.1, 0.15) is 25.1 Å². The topological polar surface area (TPSA) is 113 Å². The normalized spacial score (nSPS) is 13.1. The summed E-state index contributed by atoms with van der Waals surface area (Å²) in [6.45, 7) is 1.67. The number of aromatic nitrogens is 4. The zero-order chi connectivity index (χ0) is 22.5. The molecule has 0 spiro atoms. The van der Waals surface area contributed by atoms with Gasteiger partial charge in [0.1, 0.15) is 6.04 Å². The third-order valence-corrected chi connectivity index (χ3v) is 5.40. The smallest absolute Gasteiger partial charge is 0.326 e. The van der Waals surface area contributed by atoms with Crippen LogP contribution in [0.4, 0.5) is 5.95 Å². The molecule has 2 heterocycles. The molecule has 2 atom stereocenters. The second-order valence-electron chi connectivity index (χ2n) is 7.63.